The second kappa shape index (κ2) is 4.48. The zero-order valence-electron chi connectivity index (χ0n) is 9.74. The van der Waals surface area contributed by atoms with E-state index >= 15 is 0 Å². The number of fused-ring (bicyclic) bond motifs is 1. The maximum absolute atomic E-state index is 13.9. The molecule has 0 spiro atoms. The Balaban J connectivity index is 2.20. The topological polar surface area (TPSA) is 43.8 Å². The van der Waals surface area contributed by atoms with E-state index in [1.54, 1.807) is 12.1 Å². The average molecular weight is 310 g/mol. The predicted molar refractivity (Wildman–Crippen MR) is 71.5 cm³/mol. The number of benzene rings is 1. The van der Waals surface area contributed by atoms with Crippen LogP contribution in [0.1, 0.15) is 24.6 Å². The fraction of sp³-hybridized carbons (Fsp3) is 0.308. The number of hydrogen-bond acceptors (Lipinski definition) is 2. The van der Waals surface area contributed by atoms with Gasteiger partial charge >= 0.3 is 0 Å². The second-order valence-electron chi connectivity index (χ2n) is 4.49. The number of rotatable bonds is 1. The predicted octanol–water partition coefficient (Wildman–Crippen LogP) is 3.25. The zero-order chi connectivity index (χ0) is 12.7. The molecule has 5 heteroatoms. The molecule has 3 rings (SSSR count). The third-order valence-corrected chi connectivity index (χ3v) is 3.91. The number of imidazole rings is 1. The first-order chi connectivity index (χ1) is 8.68. The summed E-state index contributed by atoms with van der Waals surface area (Å²) in [6.07, 6.45) is 1.94. The first-order valence-electron chi connectivity index (χ1n) is 5.95. The highest BCUT2D eigenvalue weighted by Gasteiger charge is 2.25. The molecule has 1 aromatic carbocycles. The van der Waals surface area contributed by atoms with Crippen molar-refractivity contribution >= 4 is 15.9 Å². The summed E-state index contributed by atoms with van der Waals surface area (Å²) in [5.41, 5.74) is 7.59. The number of nitrogens with zero attached hydrogens (tertiary/aromatic N) is 2. The van der Waals surface area contributed by atoms with Crippen LogP contribution < -0.4 is 5.73 Å². The molecular formula is C13H13BrFN3. The molecule has 0 amide bonds. The largest absolute Gasteiger partial charge is 0.325 e. The molecule has 1 aliphatic heterocycles. The number of nitrogens with two attached hydrogens (primary N) is 1. The fourth-order valence-corrected chi connectivity index (χ4v) is 3.15. The van der Waals surface area contributed by atoms with Gasteiger partial charge in [0.15, 0.2) is 0 Å². The summed E-state index contributed by atoms with van der Waals surface area (Å²) in [7, 11) is 0. The molecule has 2 N–H and O–H groups in total. The maximum Gasteiger partial charge on any atom is 0.144 e. The summed E-state index contributed by atoms with van der Waals surface area (Å²) >= 11 is 3.43. The lowest BCUT2D eigenvalue weighted by molar-refractivity contribution is 0.463. The fourth-order valence-electron chi connectivity index (χ4n) is 2.47. The van der Waals surface area contributed by atoms with Crippen LogP contribution >= 0.6 is 15.9 Å². The minimum absolute atomic E-state index is 0.0267. The Morgan fingerprint density at radius 2 is 2.17 bits per heavy atom. The van der Waals surface area contributed by atoms with Gasteiger partial charge in [0.1, 0.15) is 16.2 Å². The molecule has 2 aromatic rings. The van der Waals surface area contributed by atoms with Crippen molar-refractivity contribution in [2.75, 3.05) is 0 Å². The first-order valence-corrected chi connectivity index (χ1v) is 6.74. The van der Waals surface area contributed by atoms with Gasteiger partial charge in [-0.15, -0.1) is 0 Å². The monoisotopic (exact) mass is 309 g/mol. The Labute approximate surface area is 113 Å². The van der Waals surface area contributed by atoms with Gasteiger partial charge in [-0.3, -0.25) is 0 Å². The van der Waals surface area contributed by atoms with Crippen LogP contribution in [0.15, 0.2) is 28.9 Å². The summed E-state index contributed by atoms with van der Waals surface area (Å²) in [5, 5.41) is 0. The maximum atomic E-state index is 13.9. The van der Waals surface area contributed by atoms with Crippen LogP contribution in [-0.2, 0) is 6.54 Å². The van der Waals surface area contributed by atoms with Gasteiger partial charge in [0.25, 0.3) is 0 Å². The summed E-state index contributed by atoms with van der Waals surface area (Å²) in [5.74, 6) is 0.405. The normalized spacial score (nSPS) is 18.7. The number of halogens is 2. The summed E-state index contributed by atoms with van der Waals surface area (Å²) in [6.45, 7) is 0.839. The smallest absolute Gasteiger partial charge is 0.144 e. The van der Waals surface area contributed by atoms with E-state index in [-0.39, 0.29) is 11.9 Å². The minimum Gasteiger partial charge on any atom is -0.325 e. The van der Waals surface area contributed by atoms with Gasteiger partial charge in [0.05, 0.1) is 11.3 Å². The highest BCUT2D eigenvalue weighted by Crippen LogP contribution is 2.34. The van der Waals surface area contributed by atoms with E-state index < -0.39 is 0 Å². The van der Waals surface area contributed by atoms with Crippen LogP contribution in [-0.4, -0.2) is 9.55 Å². The summed E-state index contributed by atoms with van der Waals surface area (Å²) in [6, 6.07) is 6.67. The van der Waals surface area contributed by atoms with Gasteiger partial charge in [-0.25, -0.2) is 9.37 Å². The molecule has 3 nitrogen and oxygen atoms in total. The Hall–Kier alpha value is -1.20. The van der Waals surface area contributed by atoms with Crippen molar-refractivity contribution in [3.63, 3.8) is 0 Å². The van der Waals surface area contributed by atoms with Gasteiger partial charge in [-0.1, -0.05) is 12.1 Å². The highest BCUT2D eigenvalue weighted by atomic mass is 79.9. The molecule has 18 heavy (non-hydrogen) atoms. The Morgan fingerprint density at radius 3 is 2.94 bits per heavy atom. The zero-order valence-corrected chi connectivity index (χ0v) is 11.3. The Morgan fingerprint density at radius 1 is 1.39 bits per heavy atom. The van der Waals surface area contributed by atoms with Gasteiger partial charge in [0.2, 0.25) is 0 Å². The number of hydrogen-bond donors (Lipinski definition) is 1. The van der Waals surface area contributed by atoms with Crippen molar-refractivity contribution in [1.29, 1.82) is 0 Å². The SMILES string of the molecule is NC1CCCn2c(-c3ccccc3F)nc(Br)c21. The number of aromatic nitrogens is 2. The minimum atomic E-state index is -0.253. The van der Waals surface area contributed by atoms with E-state index in [2.05, 4.69) is 20.9 Å². The molecule has 1 unspecified atom stereocenters. The Bertz CT molecular complexity index is 594. The lowest BCUT2D eigenvalue weighted by Gasteiger charge is -2.22. The van der Waals surface area contributed by atoms with Crippen LogP contribution in [0.3, 0.4) is 0 Å². The molecule has 1 atom stereocenters. The molecule has 0 saturated heterocycles. The van der Waals surface area contributed by atoms with E-state index in [0.29, 0.717) is 11.4 Å². The molecule has 94 valence electrons. The third kappa shape index (κ3) is 1.78. The van der Waals surface area contributed by atoms with Crippen LogP contribution in [0.2, 0.25) is 0 Å². The van der Waals surface area contributed by atoms with E-state index in [9.17, 15) is 4.39 Å². The van der Waals surface area contributed by atoms with E-state index in [1.807, 2.05) is 10.6 Å². The average Bonchev–Trinajstić information content (AvgIpc) is 2.69. The molecule has 2 heterocycles. The van der Waals surface area contributed by atoms with E-state index in [4.69, 9.17) is 5.73 Å². The summed E-state index contributed by atoms with van der Waals surface area (Å²) in [4.78, 5) is 4.43. The van der Waals surface area contributed by atoms with Crippen molar-refractivity contribution in [3.8, 4) is 11.4 Å². The third-order valence-electron chi connectivity index (χ3n) is 3.32. The molecule has 0 saturated carbocycles. The Kier molecular flexibility index (Phi) is 2.95. The van der Waals surface area contributed by atoms with Crippen molar-refractivity contribution in [2.45, 2.75) is 25.4 Å². The first kappa shape index (κ1) is 11.9. The molecule has 1 aliphatic rings. The standard InChI is InChI=1S/C13H13BrFN3/c14-12-11-10(16)6-3-7-18(11)13(17-12)8-4-1-2-5-9(8)15/h1-2,4-5,10H,3,6-7,16H2. The lowest BCUT2D eigenvalue weighted by atomic mass is 10.1. The van der Waals surface area contributed by atoms with Gasteiger partial charge in [-0.05, 0) is 40.9 Å². The van der Waals surface area contributed by atoms with Crippen molar-refractivity contribution in [1.82, 2.24) is 9.55 Å². The lowest BCUT2D eigenvalue weighted by Crippen LogP contribution is -2.22. The molecule has 0 fully saturated rings. The van der Waals surface area contributed by atoms with Crippen molar-refractivity contribution in [3.05, 3.63) is 40.4 Å². The van der Waals surface area contributed by atoms with Gasteiger partial charge in [0, 0.05) is 12.6 Å². The molecule has 0 bridgehead atoms. The van der Waals surface area contributed by atoms with E-state index in [1.165, 1.54) is 6.07 Å². The van der Waals surface area contributed by atoms with Crippen LogP contribution in [0.4, 0.5) is 4.39 Å². The van der Waals surface area contributed by atoms with Crippen LogP contribution in [0.25, 0.3) is 11.4 Å². The van der Waals surface area contributed by atoms with E-state index in [0.717, 1.165) is 29.7 Å². The summed E-state index contributed by atoms with van der Waals surface area (Å²) < 4.78 is 16.6. The quantitative estimate of drug-likeness (QED) is 0.879. The van der Waals surface area contributed by atoms with Crippen molar-refractivity contribution in [2.24, 2.45) is 5.73 Å². The van der Waals surface area contributed by atoms with Crippen LogP contribution in [0, 0.1) is 5.82 Å². The van der Waals surface area contributed by atoms with Gasteiger partial charge < -0.3 is 10.3 Å². The highest BCUT2D eigenvalue weighted by molar-refractivity contribution is 9.10. The molecule has 0 radical (unpaired) electrons. The molecule has 0 aliphatic carbocycles. The van der Waals surface area contributed by atoms with Gasteiger partial charge in [-0.2, -0.15) is 0 Å². The van der Waals surface area contributed by atoms with Crippen molar-refractivity contribution < 1.29 is 4.39 Å². The van der Waals surface area contributed by atoms with Crippen LogP contribution in [0.5, 0.6) is 0 Å². The molecule has 1 aromatic heterocycles. The second-order valence-corrected chi connectivity index (χ2v) is 5.24. The molecular weight excluding hydrogens is 297 g/mol.